The smallest absolute Gasteiger partial charge is 0.414 e. The Morgan fingerprint density at radius 3 is 2.06 bits per heavy atom. The quantitative estimate of drug-likeness (QED) is 0.564. The van der Waals surface area contributed by atoms with Gasteiger partial charge in [-0.2, -0.15) is 0 Å². The van der Waals surface area contributed by atoms with Crippen LogP contribution in [0.4, 0.5) is 4.79 Å². The van der Waals surface area contributed by atoms with Gasteiger partial charge in [-0.15, -0.1) is 0 Å². The first-order chi connectivity index (χ1) is 7.54. The van der Waals surface area contributed by atoms with Crippen LogP contribution in [0.1, 0.15) is 34.6 Å². The van der Waals surface area contributed by atoms with Crippen LogP contribution in [-0.2, 0) is 14.3 Å². The normalized spacial score (nSPS) is 11.0. The fourth-order valence-electron chi connectivity index (χ4n) is 0.860. The van der Waals surface area contributed by atoms with Gasteiger partial charge in [0.15, 0.2) is 0 Å². The lowest BCUT2D eigenvalue weighted by molar-refractivity contribution is -0.144. The highest BCUT2D eigenvalue weighted by atomic mass is 16.6. The Labute approximate surface area is 102 Å². The van der Waals surface area contributed by atoms with Gasteiger partial charge in [0, 0.05) is 7.05 Å². The monoisotopic (exact) mass is 243 g/mol. The number of amides is 1. The van der Waals surface area contributed by atoms with E-state index in [9.17, 15) is 9.59 Å². The number of likely N-dealkylation sites (N-methyl/N-ethyl adjacent to an activating group) is 1. The predicted molar refractivity (Wildman–Crippen MR) is 64.4 cm³/mol. The van der Waals surface area contributed by atoms with E-state index in [0.29, 0.717) is 0 Å². The van der Waals surface area contributed by atoms with Crippen molar-refractivity contribution in [3.63, 3.8) is 0 Å². The average molecular weight is 243 g/mol. The molecule has 0 heterocycles. The van der Waals surface area contributed by atoms with Crippen LogP contribution in [0.3, 0.4) is 0 Å². The van der Waals surface area contributed by atoms with E-state index in [-0.39, 0.29) is 11.8 Å². The van der Waals surface area contributed by atoms with Crippen molar-refractivity contribution < 1.29 is 19.1 Å². The van der Waals surface area contributed by atoms with Crippen molar-refractivity contribution in [3.8, 4) is 0 Å². The summed E-state index contributed by atoms with van der Waals surface area (Å²) < 4.78 is 10.0. The van der Waals surface area contributed by atoms with E-state index in [2.05, 4.69) is 6.58 Å². The first-order valence-corrected chi connectivity index (χ1v) is 5.41. The van der Waals surface area contributed by atoms with Crippen molar-refractivity contribution in [2.45, 2.75) is 46.3 Å². The third-order valence-electron chi connectivity index (χ3n) is 1.65. The van der Waals surface area contributed by atoms with E-state index in [1.54, 1.807) is 34.6 Å². The number of carbonyl (C=O) groups excluding carboxylic acids is 2. The molecule has 0 aromatic heterocycles. The van der Waals surface area contributed by atoms with Crippen LogP contribution in [0.25, 0.3) is 0 Å². The number of hydrogen-bond acceptors (Lipinski definition) is 4. The molecule has 98 valence electrons. The Morgan fingerprint density at radius 1 is 1.24 bits per heavy atom. The standard InChI is InChI=1S/C12H21NO4/c1-8(2)16-10(14)9(3)13(7)11(15)17-12(4,5)6/h8H,3H2,1-2,4-7H3. The molecule has 1 amide bonds. The van der Waals surface area contributed by atoms with Crippen molar-refractivity contribution in [1.82, 2.24) is 4.90 Å². The molecule has 0 aromatic carbocycles. The fraction of sp³-hybridized carbons (Fsp3) is 0.667. The van der Waals surface area contributed by atoms with Crippen molar-refractivity contribution >= 4 is 12.1 Å². The maximum Gasteiger partial charge on any atom is 0.414 e. The number of ether oxygens (including phenoxy) is 2. The van der Waals surface area contributed by atoms with Gasteiger partial charge in [0.2, 0.25) is 0 Å². The molecule has 0 fully saturated rings. The molecule has 0 N–H and O–H groups in total. The second-order valence-electron chi connectivity index (χ2n) is 4.94. The number of nitrogens with zero attached hydrogens (tertiary/aromatic N) is 1. The summed E-state index contributed by atoms with van der Waals surface area (Å²) in [7, 11) is 1.41. The van der Waals surface area contributed by atoms with Crippen LogP contribution in [0, 0.1) is 0 Å². The average Bonchev–Trinajstić information content (AvgIpc) is 2.11. The topological polar surface area (TPSA) is 55.8 Å². The highest BCUT2D eigenvalue weighted by Crippen LogP contribution is 2.12. The van der Waals surface area contributed by atoms with Crippen LogP contribution in [-0.4, -0.2) is 35.7 Å². The summed E-state index contributed by atoms with van der Waals surface area (Å²) >= 11 is 0. The Kier molecular flexibility index (Phi) is 5.19. The second-order valence-corrected chi connectivity index (χ2v) is 4.94. The largest absolute Gasteiger partial charge is 0.458 e. The van der Waals surface area contributed by atoms with Gasteiger partial charge in [-0.25, -0.2) is 9.59 Å². The maximum atomic E-state index is 11.6. The predicted octanol–water partition coefficient (Wildman–Crippen LogP) is 2.32. The Hall–Kier alpha value is -1.52. The molecule has 5 nitrogen and oxygen atoms in total. The maximum absolute atomic E-state index is 11.6. The zero-order valence-electron chi connectivity index (χ0n) is 11.4. The van der Waals surface area contributed by atoms with Gasteiger partial charge in [-0.05, 0) is 34.6 Å². The molecule has 17 heavy (non-hydrogen) atoms. The first kappa shape index (κ1) is 15.5. The molecular formula is C12H21NO4. The summed E-state index contributed by atoms with van der Waals surface area (Å²) in [6.45, 7) is 12.2. The molecule has 5 heteroatoms. The van der Waals surface area contributed by atoms with E-state index in [1.165, 1.54) is 7.05 Å². The number of hydrogen-bond donors (Lipinski definition) is 0. The Balaban J connectivity index is 4.50. The first-order valence-electron chi connectivity index (χ1n) is 5.41. The van der Waals surface area contributed by atoms with Gasteiger partial charge in [0.1, 0.15) is 11.3 Å². The van der Waals surface area contributed by atoms with E-state index in [4.69, 9.17) is 9.47 Å². The van der Waals surface area contributed by atoms with E-state index < -0.39 is 17.7 Å². The van der Waals surface area contributed by atoms with Gasteiger partial charge < -0.3 is 9.47 Å². The summed E-state index contributed by atoms with van der Waals surface area (Å²) in [5, 5.41) is 0. The van der Waals surface area contributed by atoms with Crippen molar-refractivity contribution in [1.29, 1.82) is 0 Å². The zero-order valence-corrected chi connectivity index (χ0v) is 11.4. The summed E-state index contributed by atoms with van der Waals surface area (Å²) in [5.74, 6) is -0.631. The molecule has 0 saturated carbocycles. The van der Waals surface area contributed by atoms with Gasteiger partial charge in [-0.3, -0.25) is 4.90 Å². The summed E-state index contributed by atoms with van der Waals surface area (Å²) in [6, 6.07) is 0. The van der Waals surface area contributed by atoms with E-state index in [1.807, 2.05) is 0 Å². The molecule has 0 radical (unpaired) electrons. The molecule has 0 atom stereocenters. The van der Waals surface area contributed by atoms with Crippen LogP contribution >= 0.6 is 0 Å². The summed E-state index contributed by atoms with van der Waals surface area (Å²) in [4.78, 5) is 24.2. The Bertz CT molecular complexity index is 315. The minimum absolute atomic E-state index is 0.0482. The summed E-state index contributed by atoms with van der Waals surface area (Å²) in [6.07, 6.45) is -0.894. The van der Waals surface area contributed by atoms with Gasteiger partial charge in [0.25, 0.3) is 0 Å². The van der Waals surface area contributed by atoms with Gasteiger partial charge in [-0.1, -0.05) is 6.58 Å². The second kappa shape index (κ2) is 5.70. The number of esters is 1. The molecule has 0 aliphatic carbocycles. The molecule has 0 saturated heterocycles. The lowest BCUT2D eigenvalue weighted by Crippen LogP contribution is -2.36. The van der Waals surface area contributed by atoms with Gasteiger partial charge in [0.05, 0.1) is 6.10 Å². The highest BCUT2D eigenvalue weighted by Gasteiger charge is 2.25. The number of carbonyl (C=O) groups is 2. The molecule has 0 aliphatic heterocycles. The minimum atomic E-state index is -0.636. The molecule has 0 unspecified atom stereocenters. The van der Waals surface area contributed by atoms with E-state index >= 15 is 0 Å². The van der Waals surface area contributed by atoms with Crippen molar-refractivity contribution in [2.75, 3.05) is 7.05 Å². The van der Waals surface area contributed by atoms with Crippen LogP contribution in [0.2, 0.25) is 0 Å². The Morgan fingerprint density at radius 2 is 1.71 bits per heavy atom. The molecule has 0 bridgehead atoms. The van der Waals surface area contributed by atoms with Crippen LogP contribution < -0.4 is 0 Å². The van der Waals surface area contributed by atoms with Crippen molar-refractivity contribution in [3.05, 3.63) is 12.3 Å². The lowest BCUT2D eigenvalue weighted by atomic mass is 10.2. The zero-order chi connectivity index (χ0) is 13.8. The SMILES string of the molecule is C=C(C(=O)OC(C)C)N(C)C(=O)OC(C)(C)C. The number of rotatable bonds is 3. The molecule has 0 aliphatic rings. The molecular weight excluding hydrogens is 222 g/mol. The lowest BCUT2D eigenvalue weighted by Gasteiger charge is -2.25. The van der Waals surface area contributed by atoms with Gasteiger partial charge >= 0.3 is 12.1 Å². The highest BCUT2D eigenvalue weighted by molar-refractivity contribution is 5.91. The summed E-state index contributed by atoms with van der Waals surface area (Å²) in [5.41, 5.74) is -0.666. The molecule has 0 aromatic rings. The minimum Gasteiger partial charge on any atom is -0.458 e. The third kappa shape index (κ3) is 5.94. The van der Waals surface area contributed by atoms with Crippen LogP contribution in [0.5, 0.6) is 0 Å². The molecule has 0 rings (SSSR count). The van der Waals surface area contributed by atoms with E-state index in [0.717, 1.165) is 4.90 Å². The van der Waals surface area contributed by atoms with Crippen molar-refractivity contribution in [2.24, 2.45) is 0 Å². The molecule has 0 spiro atoms. The third-order valence-corrected chi connectivity index (χ3v) is 1.65. The fourth-order valence-corrected chi connectivity index (χ4v) is 0.860. The van der Waals surface area contributed by atoms with Crippen LogP contribution in [0.15, 0.2) is 12.3 Å².